The SMILES string of the molecule is CCCCC/C=C\C/C=C\CCCCCCCC(=O)OCCN(CCOC=O)C(=O)CN1CC(O)C(O)C1. The van der Waals surface area contributed by atoms with Crippen molar-refractivity contribution in [3.63, 3.8) is 0 Å². The van der Waals surface area contributed by atoms with E-state index in [0.29, 0.717) is 12.9 Å². The zero-order valence-corrected chi connectivity index (χ0v) is 23.3. The summed E-state index contributed by atoms with van der Waals surface area (Å²) in [5.74, 6) is -0.524. The predicted octanol–water partition coefficient (Wildman–Crippen LogP) is 3.38. The Morgan fingerprint density at radius 3 is 2.13 bits per heavy atom. The second-order valence-corrected chi connectivity index (χ2v) is 9.88. The van der Waals surface area contributed by atoms with Gasteiger partial charge < -0.3 is 24.6 Å². The molecule has 38 heavy (non-hydrogen) atoms. The van der Waals surface area contributed by atoms with Crippen LogP contribution in [0.25, 0.3) is 0 Å². The van der Waals surface area contributed by atoms with Gasteiger partial charge in [0.1, 0.15) is 13.2 Å². The summed E-state index contributed by atoms with van der Waals surface area (Å²) in [5, 5.41) is 19.3. The molecule has 9 nitrogen and oxygen atoms in total. The van der Waals surface area contributed by atoms with Crippen LogP contribution in [0.2, 0.25) is 0 Å². The van der Waals surface area contributed by atoms with Crippen LogP contribution in [0.15, 0.2) is 24.3 Å². The van der Waals surface area contributed by atoms with E-state index in [9.17, 15) is 24.6 Å². The van der Waals surface area contributed by atoms with Crippen molar-refractivity contribution >= 4 is 18.3 Å². The van der Waals surface area contributed by atoms with Crippen LogP contribution < -0.4 is 0 Å². The third-order valence-electron chi connectivity index (χ3n) is 6.55. The quantitative estimate of drug-likeness (QED) is 0.0880. The van der Waals surface area contributed by atoms with Crippen LogP contribution in [-0.2, 0) is 23.9 Å². The van der Waals surface area contributed by atoms with E-state index in [1.807, 2.05) is 0 Å². The lowest BCUT2D eigenvalue weighted by atomic mass is 10.1. The first-order chi connectivity index (χ1) is 18.5. The standard InChI is InChI=1S/C29H50N2O7/c1-2-3-4-5-6-7-8-9-10-11-12-13-14-15-16-17-29(36)38-21-19-31(18-20-37-25-32)28(35)24-30-22-26(33)27(34)23-30/h6-7,9-10,25-27,33-34H,2-5,8,11-24H2,1H3/b7-6-,10-9-. The van der Waals surface area contributed by atoms with E-state index in [2.05, 4.69) is 31.2 Å². The number of rotatable bonds is 23. The first-order valence-corrected chi connectivity index (χ1v) is 14.3. The molecule has 1 rings (SSSR count). The molecule has 0 aromatic carbocycles. The van der Waals surface area contributed by atoms with Gasteiger partial charge in [-0.15, -0.1) is 0 Å². The van der Waals surface area contributed by atoms with Crippen LogP contribution in [0, 0.1) is 0 Å². The number of unbranched alkanes of at least 4 members (excludes halogenated alkanes) is 8. The summed E-state index contributed by atoms with van der Waals surface area (Å²) in [6.45, 7) is 3.48. The van der Waals surface area contributed by atoms with Gasteiger partial charge in [0.05, 0.1) is 31.8 Å². The third-order valence-corrected chi connectivity index (χ3v) is 6.55. The van der Waals surface area contributed by atoms with E-state index >= 15 is 0 Å². The van der Waals surface area contributed by atoms with E-state index in [1.165, 1.54) is 30.6 Å². The molecule has 9 heteroatoms. The van der Waals surface area contributed by atoms with E-state index in [-0.39, 0.29) is 57.8 Å². The number of amides is 1. The van der Waals surface area contributed by atoms with Gasteiger partial charge in [-0.25, -0.2) is 0 Å². The summed E-state index contributed by atoms with van der Waals surface area (Å²) in [6, 6.07) is 0. The average molecular weight is 539 g/mol. The number of nitrogens with zero attached hydrogens (tertiary/aromatic N) is 2. The highest BCUT2D eigenvalue weighted by molar-refractivity contribution is 5.78. The Morgan fingerprint density at radius 1 is 0.868 bits per heavy atom. The molecule has 218 valence electrons. The number of aliphatic hydroxyl groups excluding tert-OH is 2. The molecule has 1 saturated heterocycles. The van der Waals surface area contributed by atoms with Gasteiger partial charge in [-0.3, -0.25) is 19.3 Å². The fourth-order valence-electron chi connectivity index (χ4n) is 4.26. The second-order valence-electron chi connectivity index (χ2n) is 9.88. The van der Waals surface area contributed by atoms with Gasteiger partial charge in [0.25, 0.3) is 6.47 Å². The third kappa shape index (κ3) is 17.3. The van der Waals surface area contributed by atoms with E-state index in [1.54, 1.807) is 4.90 Å². The number of hydrogen-bond acceptors (Lipinski definition) is 8. The molecule has 2 N–H and O–H groups in total. The molecule has 1 heterocycles. The molecule has 2 atom stereocenters. The minimum Gasteiger partial charge on any atom is -0.466 e. The number of hydrogen-bond donors (Lipinski definition) is 2. The Hall–Kier alpha value is -2.23. The minimum absolute atomic E-state index is 0.0229. The molecule has 2 unspecified atom stereocenters. The van der Waals surface area contributed by atoms with Gasteiger partial charge >= 0.3 is 5.97 Å². The molecule has 1 aliphatic rings. The number of carbonyl (C=O) groups is 3. The molecule has 0 aliphatic carbocycles. The zero-order chi connectivity index (χ0) is 27.8. The number of ether oxygens (including phenoxy) is 2. The van der Waals surface area contributed by atoms with Gasteiger partial charge in [-0.05, 0) is 38.5 Å². The highest BCUT2D eigenvalue weighted by Gasteiger charge is 2.31. The minimum atomic E-state index is -0.871. The zero-order valence-electron chi connectivity index (χ0n) is 23.3. The molecular formula is C29H50N2O7. The maximum absolute atomic E-state index is 12.6. The monoisotopic (exact) mass is 538 g/mol. The van der Waals surface area contributed by atoms with Gasteiger partial charge in [0.15, 0.2) is 0 Å². The summed E-state index contributed by atoms with van der Waals surface area (Å²) in [5.41, 5.74) is 0. The second kappa shape index (κ2) is 22.7. The maximum atomic E-state index is 12.6. The van der Waals surface area contributed by atoms with Crippen molar-refractivity contribution in [1.82, 2.24) is 9.80 Å². The Kier molecular flexibility index (Phi) is 20.2. The lowest BCUT2D eigenvalue weighted by molar-refractivity contribution is -0.146. The van der Waals surface area contributed by atoms with Crippen molar-refractivity contribution < 1.29 is 34.1 Å². The number of likely N-dealkylation sites (tertiary alicyclic amines) is 1. The molecule has 0 aromatic heterocycles. The molecule has 1 fully saturated rings. The smallest absolute Gasteiger partial charge is 0.305 e. The molecule has 0 spiro atoms. The number of allylic oxidation sites excluding steroid dienone is 4. The number of aliphatic hydroxyl groups is 2. The molecular weight excluding hydrogens is 488 g/mol. The number of β-amino-alcohol motifs (C(OH)–C–C–N with tert-alkyl or cyclic N) is 2. The Morgan fingerprint density at radius 2 is 1.47 bits per heavy atom. The van der Waals surface area contributed by atoms with Crippen LogP contribution in [-0.4, -0.2) is 96.5 Å². The van der Waals surface area contributed by atoms with Crippen molar-refractivity contribution in [2.24, 2.45) is 0 Å². The van der Waals surface area contributed by atoms with Crippen LogP contribution in [0.4, 0.5) is 0 Å². The van der Waals surface area contributed by atoms with Crippen molar-refractivity contribution in [1.29, 1.82) is 0 Å². The van der Waals surface area contributed by atoms with Gasteiger partial charge in [-0.2, -0.15) is 0 Å². The summed E-state index contributed by atoms with van der Waals surface area (Å²) in [6.07, 6.45) is 20.0. The van der Waals surface area contributed by atoms with Crippen LogP contribution in [0.5, 0.6) is 0 Å². The van der Waals surface area contributed by atoms with E-state index < -0.39 is 12.2 Å². The maximum Gasteiger partial charge on any atom is 0.305 e. The van der Waals surface area contributed by atoms with Crippen molar-refractivity contribution in [3.05, 3.63) is 24.3 Å². The van der Waals surface area contributed by atoms with Crippen LogP contribution in [0.1, 0.15) is 84.0 Å². The molecule has 0 aromatic rings. The van der Waals surface area contributed by atoms with E-state index in [4.69, 9.17) is 9.47 Å². The topological polar surface area (TPSA) is 117 Å². The fourth-order valence-corrected chi connectivity index (χ4v) is 4.26. The van der Waals surface area contributed by atoms with Crippen LogP contribution in [0.3, 0.4) is 0 Å². The summed E-state index contributed by atoms with van der Waals surface area (Å²) in [4.78, 5) is 38.3. The van der Waals surface area contributed by atoms with E-state index in [0.717, 1.165) is 44.9 Å². The lowest BCUT2D eigenvalue weighted by Gasteiger charge is -2.24. The summed E-state index contributed by atoms with van der Waals surface area (Å²) < 4.78 is 10.0. The predicted molar refractivity (Wildman–Crippen MR) is 147 cm³/mol. The molecule has 0 saturated carbocycles. The Labute approximate surface area is 228 Å². The largest absolute Gasteiger partial charge is 0.466 e. The van der Waals surface area contributed by atoms with Crippen LogP contribution >= 0.6 is 0 Å². The van der Waals surface area contributed by atoms with Gasteiger partial charge in [0.2, 0.25) is 5.91 Å². The molecule has 1 amide bonds. The van der Waals surface area contributed by atoms with Crippen molar-refractivity contribution in [2.45, 2.75) is 96.2 Å². The van der Waals surface area contributed by atoms with Gasteiger partial charge in [0, 0.05) is 19.5 Å². The highest BCUT2D eigenvalue weighted by atomic mass is 16.5. The Balaban J connectivity index is 2.10. The molecule has 0 bridgehead atoms. The highest BCUT2D eigenvalue weighted by Crippen LogP contribution is 2.11. The number of carbonyl (C=O) groups excluding carboxylic acids is 3. The van der Waals surface area contributed by atoms with Crippen molar-refractivity contribution in [3.8, 4) is 0 Å². The molecule has 0 radical (unpaired) electrons. The molecule has 1 aliphatic heterocycles. The Bertz CT molecular complexity index is 688. The lowest BCUT2D eigenvalue weighted by Crippen LogP contribution is -2.43. The first-order valence-electron chi connectivity index (χ1n) is 14.3. The first kappa shape index (κ1) is 33.8. The fraction of sp³-hybridized carbons (Fsp3) is 0.759. The number of esters is 1. The average Bonchev–Trinajstić information content (AvgIpc) is 3.21. The summed E-state index contributed by atoms with van der Waals surface area (Å²) in [7, 11) is 0. The van der Waals surface area contributed by atoms with Gasteiger partial charge in [-0.1, -0.05) is 63.3 Å². The normalized spacial score (nSPS) is 17.9. The summed E-state index contributed by atoms with van der Waals surface area (Å²) >= 11 is 0. The van der Waals surface area contributed by atoms with Crippen molar-refractivity contribution in [2.75, 3.05) is 45.9 Å².